The summed E-state index contributed by atoms with van der Waals surface area (Å²) in [6, 6.07) is 0. The molecule has 1 rings (SSSR count). The second kappa shape index (κ2) is 4.88. The number of carboxylic acids is 1. The number of aromatic nitrogens is 1. The molecule has 0 unspecified atom stereocenters. The van der Waals surface area contributed by atoms with Crippen molar-refractivity contribution >= 4 is 28.3 Å². The van der Waals surface area contributed by atoms with Gasteiger partial charge in [0.1, 0.15) is 0 Å². The Kier molecular flexibility index (Phi) is 3.79. The summed E-state index contributed by atoms with van der Waals surface area (Å²) in [4.78, 5) is 26.3. The van der Waals surface area contributed by atoms with Crippen molar-refractivity contribution in [3.8, 4) is 0 Å². The summed E-state index contributed by atoms with van der Waals surface area (Å²) in [6.07, 6.45) is 0.332. The monoisotopic (exact) mass is 228 g/mol. The number of nitrogens with one attached hydrogen (secondary N) is 1. The van der Waals surface area contributed by atoms with E-state index in [4.69, 9.17) is 5.11 Å². The van der Waals surface area contributed by atoms with Crippen LogP contribution in [0.25, 0.3) is 0 Å². The Morgan fingerprint density at radius 1 is 1.53 bits per heavy atom. The molecule has 15 heavy (non-hydrogen) atoms. The Hall–Kier alpha value is -1.43. The van der Waals surface area contributed by atoms with E-state index in [2.05, 4.69) is 10.3 Å². The highest BCUT2D eigenvalue weighted by Gasteiger charge is 2.11. The normalized spacial score (nSPS) is 10.0. The molecule has 2 N–H and O–H groups in total. The lowest BCUT2D eigenvalue weighted by Crippen LogP contribution is -2.08. The fraction of sp³-hybridized carbons (Fsp3) is 0.444. The third-order valence-corrected chi connectivity index (χ3v) is 2.84. The smallest absolute Gasteiger partial charge is 0.308 e. The number of carbonyl (C=O) groups is 2. The van der Waals surface area contributed by atoms with E-state index in [1.165, 1.54) is 11.3 Å². The first kappa shape index (κ1) is 11.6. The van der Waals surface area contributed by atoms with E-state index in [0.717, 1.165) is 0 Å². The molecule has 1 amide bonds. The average molecular weight is 228 g/mol. The largest absolute Gasteiger partial charge is 0.481 e. The number of carboxylic acid groups (broad SMARTS) is 1. The fourth-order valence-electron chi connectivity index (χ4n) is 0.991. The quantitative estimate of drug-likeness (QED) is 0.817. The molecule has 0 aliphatic rings. The molecule has 0 bridgehead atoms. The number of amides is 1. The van der Waals surface area contributed by atoms with E-state index in [0.29, 0.717) is 22.1 Å². The first-order valence-electron chi connectivity index (χ1n) is 4.51. The van der Waals surface area contributed by atoms with Crippen molar-refractivity contribution in [2.45, 2.75) is 26.7 Å². The van der Waals surface area contributed by atoms with E-state index in [9.17, 15) is 9.59 Å². The maximum absolute atomic E-state index is 11.1. The number of rotatable bonds is 4. The second-order valence-electron chi connectivity index (χ2n) is 3.00. The predicted molar refractivity (Wildman–Crippen MR) is 57.1 cm³/mol. The molecule has 5 nitrogen and oxygen atoms in total. The van der Waals surface area contributed by atoms with Crippen molar-refractivity contribution in [3.05, 3.63) is 10.6 Å². The zero-order valence-electron chi connectivity index (χ0n) is 8.53. The van der Waals surface area contributed by atoms with Gasteiger partial charge in [0.2, 0.25) is 5.91 Å². The standard InChI is InChI=1S/C9H12N2O3S/c1-3-7(12)11-9-10-5(2)6(15-9)4-8(13)14/h3-4H2,1-2H3,(H,13,14)(H,10,11,12). The SMILES string of the molecule is CCC(=O)Nc1nc(C)c(CC(=O)O)s1. The van der Waals surface area contributed by atoms with Crippen LogP contribution in [-0.4, -0.2) is 22.0 Å². The van der Waals surface area contributed by atoms with Gasteiger partial charge in [-0.15, -0.1) is 11.3 Å². The number of carbonyl (C=O) groups excluding carboxylic acids is 1. The van der Waals surface area contributed by atoms with Gasteiger partial charge in [-0.1, -0.05) is 6.92 Å². The van der Waals surface area contributed by atoms with Crippen LogP contribution in [0, 0.1) is 6.92 Å². The van der Waals surface area contributed by atoms with Crippen LogP contribution >= 0.6 is 11.3 Å². The molecule has 0 aliphatic carbocycles. The maximum atomic E-state index is 11.1. The van der Waals surface area contributed by atoms with Gasteiger partial charge in [0, 0.05) is 11.3 Å². The molecular formula is C9H12N2O3S. The van der Waals surface area contributed by atoms with E-state index in [1.807, 2.05) is 0 Å². The van der Waals surface area contributed by atoms with E-state index in [-0.39, 0.29) is 12.3 Å². The number of nitrogens with zero attached hydrogens (tertiary/aromatic N) is 1. The molecule has 0 saturated heterocycles. The van der Waals surface area contributed by atoms with E-state index >= 15 is 0 Å². The van der Waals surface area contributed by atoms with Crippen LogP contribution in [0.5, 0.6) is 0 Å². The predicted octanol–water partition coefficient (Wildman–Crippen LogP) is 1.43. The minimum absolute atomic E-state index is 0.0501. The molecule has 0 radical (unpaired) electrons. The number of aliphatic carboxylic acids is 1. The van der Waals surface area contributed by atoms with Crippen molar-refractivity contribution < 1.29 is 14.7 Å². The molecule has 0 saturated carbocycles. The zero-order chi connectivity index (χ0) is 11.4. The summed E-state index contributed by atoms with van der Waals surface area (Å²) in [6.45, 7) is 3.48. The number of hydrogen-bond donors (Lipinski definition) is 2. The Bertz CT molecular complexity index is 387. The van der Waals surface area contributed by atoms with Crippen LogP contribution in [0.2, 0.25) is 0 Å². The first-order valence-corrected chi connectivity index (χ1v) is 5.32. The third kappa shape index (κ3) is 3.32. The van der Waals surface area contributed by atoms with Gasteiger partial charge in [-0.05, 0) is 6.92 Å². The van der Waals surface area contributed by atoms with Gasteiger partial charge in [-0.25, -0.2) is 4.98 Å². The summed E-state index contributed by atoms with van der Waals surface area (Å²) in [5.41, 5.74) is 0.661. The van der Waals surface area contributed by atoms with Gasteiger partial charge in [0.05, 0.1) is 12.1 Å². The van der Waals surface area contributed by atoms with Crippen LogP contribution in [-0.2, 0) is 16.0 Å². The van der Waals surface area contributed by atoms with Crippen molar-refractivity contribution in [1.29, 1.82) is 0 Å². The number of aryl methyl sites for hydroxylation is 1. The van der Waals surface area contributed by atoms with Gasteiger partial charge in [-0.2, -0.15) is 0 Å². The topological polar surface area (TPSA) is 79.3 Å². The summed E-state index contributed by atoms with van der Waals surface area (Å²) in [5.74, 6) is -1.01. The molecule has 82 valence electrons. The molecule has 0 spiro atoms. The van der Waals surface area contributed by atoms with Crippen molar-refractivity contribution in [2.24, 2.45) is 0 Å². The zero-order valence-corrected chi connectivity index (χ0v) is 9.35. The molecule has 0 atom stereocenters. The van der Waals surface area contributed by atoms with Gasteiger partial charge in [0.25, 0.3) is 0 Å². The highest BCUT2D eigenvalue weighted by Crippen LogP contribution is 2.23. The van der Waals surface area contributed by atoms with Crippen LogP contribution < -0.4 is 5.32 Å². The Balaban J connectivity index is 2.76. The minimum atomic E-state index is -0.893. The number of hydrogen-bond acceptors (Lipinski definition) is 4. The molecule has 6 heteroatoms. The Labute approximate surface area is 91.1 Å². The average Bonchev–Trinajstić information content (AvgIpc) is 2.45. The lowest BCUT2D eigenvalue weighted by Gasteiger charge is -1.95. The number of thiazole rings is 1. The van der Waals surface area contributed by atoms with E-state index < -0.39 is 5.97 Å². The summed E-state index contributed by atoms with van der Waals surface area (Å²) in [5, 5.41) is 11.7. The summed E-state index contributed by atoms with van der Waals surface area (Å²) >= 11 is 1.21. The highest BCUT2D eigenvalue weighted by molar-refractivity contribution is 7.16. The van der Waals surface area contributed by atoms with E-state index in [1.54, 1.807) is 13.8 Å². The van der Waals surface area contributed by atoms with Gasteiger partial charge >= 0.3 is 5.97 Å². The lowest BCUT2D eigenvalue weighted by atomic mass is 10.3. The molecular weight excluding hydrogens is 216 g/mol. The third-order valence-electron chi connectivity index (χ3n) is 1.77. The number of anilines is 1. The minimum Gasteiger partial charge on any atom is -0.481 e. The molecule has 1 heterocycles. The Morgan fingerprint density at radius 3 is 2.73 bits per heavy atom. The molecule has 0 aliphatic heterocycles. The maximum Gasteiger partial charge on any atom is 0.308 e. The molecule has 1 aromatic rings. The summed E-state index contributed by atoms with van der Waals surface area (Å²) < 4.78 is 0. The van der Waals surface area contributed by atoms with Crippen molar-refractivity contribution in [1.82, 2.24) is 4.98 Å². The molecule has 0 fully saturated rings. The summed E-state index contributed by atoms with van der Waals surface area (Å²) in [7, 11) is 0. The van der Waals surface area contributed by atoms with Crippen LogP contribution in [0.4, 0.5) is 5.13 Å². The van der Waals surface area contributed by atoms with Gasteiger partial charge < -0.3 is 10.4 Å². The lowest BCUT2D eigenvalue weighted by molar-refractivity contribution is -0.136. The van der Waals surface area contributed by atoms with Gasteiger partial charge in [0.15, 0.2) is 5.13 Å². The van der Waals surface area contributed by atoms with Crippen LogP contribution in [0.3, 0.4) is 0 Å². The highest BCUT2D eigenvalue weighted by atomic mass is 32.1. The Morgan fingerprint density at radius 2 is 2.20 bits per heavy atom. The first-order chi connectivity index (χ1) is 7.02. The van der Waals surface area contributed by atoms with Gasteiger partial charge in [-0.3, -0.25) is 9.59 Å². The molecule has 1 aromatic heterocycles. The van der Waals surface area contributed by atoms with Crippen molar-refractivity contribution in [3.63, 3.8) is 0 Å². The van der Waals surface area contributed by atoms with Crippen LogP contribution in [0.1, 0.15) is 23.9 Å². The molecule has 0 aromatic carbocycles. The van der Waals surface area contributed by atoms with Crippen LogP contribution in [0.15, 0.2) is 0 Å². The van der Waals surface area contributed by atoms with Crippen molar-refractivity contribution in [2.75, 3.05) is 5.32 Å². The fourth-order valence-corrected chi connectivity index (χ4v) is 1.96. The second-order valence-corrected chi connectivity index (χ2v) is 4.08.